The lowest BCUT2D eigenvalue weighted by Gasteiger charge is -2.33. The number of aromatic nitrogens is 2. The van der Waals surface area contributed by atoms with Crippen LogP contribution in [0, 0.1) is 0 Å². The standard InChI is InChI=1S/C10H12ClN3O2/c1-7-6-16-3-2-14(7)10-4-8(11)9(5-15)12-13-10/h4-5,7H,2-3,6H2,1H3/t7-/m1/s1. The average Bonchev–Trinajstić information content (AvgIpc) is 2.29. The number of hydrogen-bond acceptors (Lipinski definition) is 5. The molecule has 0 N–H and O–H groups in total. The Balaban J connectivity index is 2.26. The molecule has 1 aromatic heterocycles. The minimum absolute atomic E-state index is 0.173. The third-order valence-corrected chi connectivity index (χ3v) is 2.84. The molecule has 0 aliphatic carbocycles. The van der Waals surface area contributed by atoms with E-state index in [1.165, 1.54) is 0 Å². The van der Waals surface area contributed by atoms with Crippen LogP contribution in [0.25, 0.3) is 0 Å². The number of carbonyl (C=O) groups is 1. The number of halogens is 1. The number of aldehydes is 1. The van der Waals surface area contributed by atoms with Gasteiger partial charge in [-0.2, -0.15) is 0 Å². The molecule has 0 bridgehead atoms. The molecule has 2 heterocycles. The number of morpholine rings is 1. The summed E-state index contributed by atoms with van der Waals surface area (Å²) in [7, 11) is 0. The van der Waals surface area contributed by atoms with E-state index in [0.29, 0.717) is 30.3 Å². The van der Waals surface area contributed by atoms with Crippen LogP contribution in [-0.2, 0) is 4.74 Å². The molecule has 0 radical (unpaired) electrons. The molecule has 16 heavy (non-hydrogen) atoms. The van der Waals surface area contributed by atoms with E-state index < -0.39 is 0 Å². The highest BCUT2D eigenvalue weighted by molar-refractivity contribution is 6.32. The molecule has 1 saturated heterocycles. The molecule has 2 rings (SSSR count). The summed E-state index contributed by atoms with van der Waals surface area (Å²) in [6, 6.07) is 1.90. The van der Waals surface area contributed by atoms with Gasteiger partial charge >= 0.3 is 0 Å². The summed E-state index contributed by atoms with van der Waals surface area (Å²) in [5.41, 5.74) is 0.173. The molecule has 1 fully saturated rings. The molecule has 1 aliphatic rings. The number of carbonyl (C=O) groups excluding carboxylic acids is 1. The molecule has 0 spiro atoms. The number of rotatable bonds is 2. The van der Waals surface area contributed by atoms with E-state index in [0.717, 1.165) is 6.54 Å². The van der Waals surface area contributed by atoms with Crippen molar-refractivity contribution in [3.8, 4) is 0 Å². The molecule has 0 unspecified atom stereocenters. The molecule has 86 valence electrons. The fraction of sp³-hybridized carbons (Fsp3) is 0.500. The van der Waals surface area contributed by atoms with Gasteiger partial charge in [0.2, 0.25) is 0 Å². The Labute approximate surface area is 98.4 Å². The second-order valence-electron chi connectivity index (χ2n) is 3.67. The van der Waals surface area contributed by atoms with Crippen LogP contribution in [0.3, 0.4) is 0 Å². The van der Waals surface area contributed by atoms with E-state index in [2.05, 4.69) is 15.1 Å². The summed E-state index contributed by atoms with van der Waals surface area (Å²) >= 11 is 5.90. The lowest BCUT2D eigenvalue weighted by atomic mass is 10.2. The van der Waals surface area contributed by atoms with Crippen LogP contribution in [0.5, 0.6) is 0 Å². The minimum atomic E-state index is 0.173. The quantitative estimate of drug-likeness (QED) is 0.728. The normalized spacial score (nSPS) is 20.9. The number of hydrogen-bond donors (Lipinski definition) is 0. The van der Waals surface area contributed by atoms with Crippen LogP contribution < -0.4 is 4.90 Å². The Morgan fingerprint density at radius 3 is 3.06 bits per heavy atom. The predicted octanol–water partition coefficient (Wildman–Crippen LogP) is 1.17. The van der Waals surface area contributed by atoms with E-state index in [1.807, 2.05) is 6.92 Å². The largest absolute Gasteiger partial charge is 0.377 e. The number of ether oxygens (including phenoxy) is 1. The first-order chi connectivity index (χ1) is 7.72. The second-order valence-corrected chi connectivity index (χ2v) is 4.08. The van der Waals surface area contributed by atoms with Gasteiger partial charge in [0.25, 0.3) is 0 Å². The first kappa shape index (κ1) is 11.3. The summed E-state index contributed by atoms with van der Waals surface area (Å²) in [6.45, 7) is 4.13. The van der Waals surface area contributed by atoms with Crippen molar-refractivity contribution in [2.45, 2.75) is 13.0 Å². The van der Waals surface area contributed by atoms with Gasteiger partial charge in [0.1, 0.15) is 5.69 Å². The summed E-state index contributed by atoms with van der Waals surface area (Å²) in [6.07, 6.45) is 0.599. The van der Waals surface area contributed by atoms with Crippen molar-refractivity contribution in [3.63, 3.8) is 0 Å². The van der Waals surface area contributed by atoms with Crippen LogP contribution in [0.2, 0.25) is 5.02 Å². The summed E-state index contributed by atoms with van der Waals surface area (Å²) < 4.78 is 5.33. The van der Waals surface area contributed by atoms with Gasteiger partial charge in [-0.05, 0) is 6.92 Å². The molecule has 0 saturated carbocycles. The van der Waals surface area contributed by atoms with Crippen LogP contribution in [0.4, 0.5) is 5.82 Å². The van der Waals surface area contributed by atoms with E-state index in [1.54, 1.807) is 6.07 Å². The maximum Gasteiger partial charge on any atom is 0.171 e. The Kier molecular flexibility index (Phi) is 3.36. The molecule has 1 aliphatic heterocycles. The highest BCUT2D eigenvalue weighted by Gasteiger charge is 2.21. The SMILES string of the molecule is C[C@@H]1COCCN1c1cc(Cl)c(C=O)nn1. The zero-order chi connectivity index (χ0) is 11.5. The Morgan fingerprint density at radius 1 is 1.62 bits per heavy atom. The van der Waals surface area contributed by atoms with Crippen LogP contribution in [-0.4, -0.2) is 42.3 Å². The van der Waals surface area contributed by atoms with Crippen molar-refractivity contribution in [2.24, 2.45) is 0 Å². The predicted molar refractivity (Wildman–Crippen MR) is 60.1 cm³/mol. The second kappa shape index (κ2) is 4.76. The molecular weight excluding hydrogens is 230 g/mol. The highest BCUT2D eigenvalue weighted by Crippen LogP contribution is 2.21. The van der Waals surface area contributed by atoms with Gasteiger partial charge in [0.05, 0.1) is 24.3 Å². The topological polar surface area (TPSA) is 55.3 Å². The monoisotopic (exact) mass is 241 g/mol. The van der Waals surface area contributed by atoms with Gasteiger partial charge in [-0.15, -0.1) is 10.2 Å². The zero-order valence-electron chi connectivity index (χ0n) is 8.89. The maximum atomic E-state index is 10.6. The van der Waals surface area contributed by atoms with Gasteiger partial charge in [-0.3, -0.25) is 4.79 Å². The Morgan fingerprint density at radius 2 is 2.44 bits per heavy atom. The highest BCUT2D eigenvalue weighted by atomic mass is 35.5. The van der Waals surface area contributed by atoms with Crippen molar-refractivity contribution in [2.75, 3.05) is 24.7 Å². The van der Waals surface area contributed by atoms with E-state index in [-0.39, 0.29) is 11.7 Å². The fourth-order valence-electron chi connectivity index (χ4n) is 1.66. The Hall–Kier alpha value is -1.20. The molecule has 5 nitrogen and oxygen atoms in total. The van der Waals surface area contributed by atoms with Crippen molar-refractivity contribution in [1.29, 1.82) is 0 Å². The van der Waals surface area contributed by atoms with Crippen molar-refractivity contribution < 1.29 is 9.53 Å². The zero-order valence-corrected chi connectivity index (χ0v) is 9.65. The van der Waals surface area contributed by atoms with Gasteiger partial charge in [-0.1, -0.05) is 11.6 Å². The molecule has 1 aromatic rings. The van der Waals surface area contributed by atoms with Crippen LogP contribution in [0.15, 0.2) is 6.07 Å². The fourth-order valence-corrected chi connectivity index (χ4v) is 1.84. The van der Waals surface area contributed by atoms with Crippen molar-refractivity contribution >= 4 is 23.7 Å². The average molecular weight is 242 g/mol. The third kappa shape index (κ3) is 2.15. The number of nitrogens with zero attached hydrogens (tertiary/aromatic N) is 3. The molecule has 1 atom stereocenters. The molecule has 0 aromatic carbocycles. The van der Waals surface area contributed by atoms with E-state index in [9.17, 15) is 4.79 Å². The molecule has 0 amide bonds. The van der Waals surface area contributed by atoms with Gasteiger partial charge in [0, 0.05) is 12.6 Å². The number of anilines is 1. The minimum Gasteiger partial charge on any atom is -0.377 e. The smallest absolute Gasteiger partial charge is 0.171 e. The first-order valence-corrected chi connectivity index (χ1v) is 5.43. The first-order valence-electron chi connectivity index (χ1n) is 5.05. The van der Waals surface area contributed by atoms with Gasteiger partial charge in [-0.25, -0.2) is 0 Å². The molecule has 6 heteroatoms. The lowest BCUT2D eigenvalue weighted by Crippen LogP contribution is -2.44. The summed E-state index contributed by atoms with van der Waals surface area (Å²) in [5, 5.41) is 8.10. The molecular formula is C10H12ClN3O2. The summed E-state index contributed by atoms with van der Waals surface area (Å²) in [5.74, 6) is 0.686. The van der Waals surface area contributed by atoms with Crippen molar-refractivity contribution in [1.82, 2.24) is 10.2 Å². The van der Waals surface area contributed by atoms with Crippen LogP contribution >= 0.6 is 11.6 Å². The van der Waals surface area contributed by atoms with Crippen molar-refractivity contribution in [3.05, 3.63) is 16.8 Å². The lowest BCUT2D eigenvalue weighted by molar-refractivity contribution is 0.0984. The van der Waals surface area contributed by atoms with E-state index >= 15 is 0 Å². The Bertz CT molecular complexity index is 400. The maximum absolute atomic E-state index is 10.6. The van der Waals surface area contributed by atoms with Crippen LogP contribution in [0.1, 0.15) is 17.4 Å². The summed E-state index contributed by atoms with van der Waals surface area (Å²) in [4.78, 5) is 12.6. The van der Waals surface area contributed by atoms with E-state index in [4.69, 9.17) is 16.3 Å². The van der Waals surface area contributed by atoms with Gasteiger partial charge < -0.3 is 9.64 Å². The van der Waals surface area contributed by atoms with Gasteiger partial charge in [0.15, 0.2) is 12.1 Å². The third-order valence-electron chi connectivity index (χ3n) is 2.53.